The summed E-state index contributed by atoms with van der Waals surface area (Å²) >= 11 is 1.88. The molecule has 21 heavy (non-hydrogen) atoms. The number of piperidine rings is 1. The molecule has 0 radical (unpaired) electrons. The van der Waals surface area contributed by atoms with Gasteiger partial charge in [-0.25, -0.2) is 0 Å². The van der Waals surface area contributed by atoms with Gasteiger partial charge in [-0.2, -0.15) is 0 Å². The van der Waals surface area contributed by atoms with Crippen molar-refractivity contribution in [1.82, 2.24) is 5.32 Å². The molecule has 1 fully saturated rings. The van der Waals surface area contributed by atoms with Gasteiger partial charge < -0.3 is 10.2 Å². The largest absolute Gasteiger partial charge is 0.371 e. The van der Waals surface area contributed by atoms with E-state index in [1.54, 1.807) is 0 Å². The normalized spacial score (nSPS) is 15.4. The number of hydrogen-bond donors (Lipinski definition) is 1. The molecule has 0 amide bonds. The topological polar surface area (TPSA) is 15.3 Å². The first-order chi connectivity index (χ1) is 10.3. The third-order valence-corrected chi connectivity index (χ3v) is 5.10. The highest BCUT2D eigenvalue weighted by Gasteiger charge is 2.13. The van der Waals surface area contributed by atoms with Crippen LogP contribution in [0.1, 0.15) is 34.6 Å². The van der Waals surface area contributed by atoms with Crippen molar-refractivity contribution in [1.29, 1.82) is 0 Å². The molecule has 0 unspecified atom stereocenters. The summed E-state index contributed by atoms with van der Waals surface area (Å²) in [5.74, 6) is 0. The maximum atomic E-state index is 3.59. The van der Waals surface area contributed by atoms with Crippen LogP contribution in [-0.2, 0) is 13.1 Å². The van der Waals surface area contributed by atoms with E-state index in [4.69, 9.17) is 0 Å². The molecule has 1 saturated heterocycles. The molecule has 0 bridgehead atoms. The number of anilines is 1. The van der Waals surface area contributed by atoms with Crippen molar-refractivity contribution in [2.45, 2.75) is 39.3 Å². The van der Waals surface area contributed by atoms with Gasteiger partial charge in [0.05, 0.1) is 0 Å². The smallest absolute Gasteiger partial charge is 0.0411 e. The molecule has 0 atom stereocenters. The second-order valence-corrected chi connectivity index (χ2v) is 7.16. The third-order valence-electron chi connectivity index (χ3n) is 4.10. The highest BCUT2D eigenvalue weighted by atomic mass is 32.1. The first kappa shape index (κ1) is 14.6. The van der Waals surface area contributed by atoms with E-state index in [0.29, 0.717) is 0 Å². The fraction of sp³-hybridized carbons (Fsp3) is 0.444. The van der Waals surface area contributed by atoms with Gasteiger partial charge >= 0.3 is 0 Å². The Kier molecular flexibility index (Phi) is 4.94. The van der Waals surface area contributed by atoms with E-state index in [-0.39, 0.29) is 0 Å². The van der Waals surface area contributed by atoms with Crippen LogP contribution in [0, 0.1) is 6.92 Å². The fourth-order valence-corrected chi connectivity index (χ4v) is 3.86. The predicted molar refractivity (Wildman–Crippen MR) is 92.1 cm³/mol. The highest BCUT2D eigenvalue weighted by molar-refractivity contribution is 7.11. The molecule has 2 nitrogen and oxygen atoms in total. The zero-order valence-electron chi connectivity index (χ0n) is 12.8. The minimum absolute atomic E-state index is 0.948. The van der Waals surface area contributed by atoms with Gasteiger partial charge in [0, 0.05) is 41.6 Å². The molecule has 2 heterocycles. The van der Waals surface area contributed by atoms with Crippen LogP contribution < -0.4 is 10.2 Å². The Balaban J connectivity index is 1.62. The van der Waals surface area contributed by atoms with Gasteiger partial charge in [0.2, 0.25) is 0 Å². The number of nitrogens with zero attached hydrogens (tertiary/aromatic N) is 1. The Morgan fingerprint density at radius 1 is 1.00 bits per heavy atom. The summed E-state index contributed by atoms with van der Waals surface area (Å²) in [7, 11) is 0. The van der Waals surface area contributed by atoms with Gasteiger partial charge in [0.1, 0.15) is 0 Å². The third kappa shape index (κ3) is 3.86. The Bertz CT molecular complexity index is 570. The number of rotatable bonds is 5. The van der Waals surface area contributed by atoms with Gasteiger partial charge in [-0.1, -0.05) is 18.2 Å². The summed E-state index contributed by atoms with van der Waals surface area (Å²) in [6.07, 6.45) is 4.04. The van der Waals surface area contributed by atoms with E-state index in [0.717, 1.165) is 13.1 Å². The summed E-state index contributed by atoms with van der Waals surface area (Å²) < 4.78 is 0. The Morgan fingerprint density at radius 2 is 1.81 bits per heavy atom. The van der Waals surface area contributed by atoms with Crippen LogP contribution in [0.25, 0.3) is 0 Å². The van der Waals surface area contributed by atoms with Crippen LogP contribution in [0.3, 0.4) is 0 Å². The number of para-hydroxylation sites is 1. The minimum Gasteiger partial charge on any atom is -0.371 e. The monoisotopic (exact) mass is 300 g/mol. The van der Waals surface area contributed by atoms with Crippen molar-refractivity contribution in [2.24, 2.45) is 0 Å². The molecule has 3 rings (SSSR count). The number of hydrogen-bond acceptors (Lipinski definition) is 3. The predicted octanol–water partition coefficient (Wildman–Crippen LogP) is 4.34. The van der Waals surface area contributed by atoms with Crippen LogP contribution >= 0.6 is 11.3 Å². The average molecular weight is 300 g/mol. The maximum absolute atomic E-state index is 3.59. The van der Waals surface area contributed by atoms with Gasteiger partial charge in [0.25, 0.3) is 0 Å². The summed E-state index contributed by atoms with van der Waals surface area (Å²) in [4.78, 5) is 5.36. The molecule has 1 N–H and O–H groups in total. The van der Waals surface area contributed by atoms with E-state index < -0.39 is 0 Å². The van der Waals surface area contributed by atoms with E-state index in [1.165, 1.54) is 53.4 Å². The first-order valence-corrected chi connectivity index (χ1v) is 8.73. The molecular weight excluding hydrogens is 276 g/mol. The fourth-order valence-electron chi connectivity index (χ4n) is 3.00. The van der Waals surface area contributed by atoms with Crippen LogP contribution in [-0.4, -0.2) is 13.1 Å². The molecule has 3 heteroatoms. The molecule has 2 aromatic rings. The standard InChI is InChI=1S/C18H24N2S/c1-15-9-10-17(21-15)14-19-13-16-7-3-4-8-18(16)20-11-5-2-6-12-20/h3-4,7-10,19H,2,5-6,11-14H2,1H3. The van der Waals surface area contributed by atoms with Crippen LogP contribution in [0.4, 0.5) is 5.69 Å². The molecule has 1 aromatic heterocycles. The zero-order valence-corrected chi connectivity index (χ0v) is 13.6. The second kappa shape index (κ2) is 7.10. The Labute approximate surface area is 131 Å². The number of aryl methyl sites for hydroxylation is 1. The molecule has 1 aliphatic rings. The molecule has 1 aromatic carbocycles. The second-order valence-electron chi connectivity index (χ2n) is 5.79. The van der Waals surface area contributed by atoms with Crippen molar-refractivity contribution in [3.8, 4) is 0 Å². The SMILES string of the molecule is Cc1ccc(CNCc2ccccc2N2CCCCC2)s1. The van der Waals surface area contributed by atoms with Crippen LogP contribution in [0.15, 0.2) is 36.4 Å². The number of thiophene rings is 1. The summed E-state index contributed by atoms with van der Waals surface area (Å²) in [5.41, 5.74) is 2.85. The summed E-state index contributed by atoms with van der Waals surface area (Å²) in [6.45, 7) is 6.50. The highest BCUT2D eigenvalue weighted by Crippen LogP contribution is 2.24. The van der Waals surface area contributed by atoms with Gasteiger partial charge in [0.15, 0.2) is 0 Å². The Hall–Kier alpha value is -1.32. The van der Waals surface area contributed by atoms with E-state index in [9.17, 15) is 0 Å². The molecule has 0 spiro atoms. The van der Waals surface area contributed by atoms with Gasteiger partial charge in [-0.05, 0) is 49.9 Å². The summed E-state index contributed by atoms with van der Waals surface area (Å²) in [5, 5.41) is 3.59. The van der Waals surface area contributed by atoms with Crippen LogP contribution in [0.2, 0.25) is 0 Å². The quantitative estimate of drug-likeness (QED) is 0.884. The lowest BCUT2D eigenvalue weighted by Crippen LogP contribution is -2.30. The van der Waals surface area contributed by atoms with E-state index in [2.05, 4.69) is 53.5 Å². The lowest BCUT2D eigenvalue weighted by Gasteiger charge is -2.30. The first-order valence-electron chi connectivity index (χ1n) is 7.92. The number of benzene rings is 1. The van der Waals surface area contributed by atoms with Crippen molar-refractivity contribution < 1.29 is 0 Å². The lowest BCUT2D eigenvalue weighted by atomic mass is 10.1. The molecule has 0 saturated carbocycles. The zero-order chi connectivity index (χ0) is 14.5. The van der Waals surface area contributed by atoms with Crippen molar-refractivity contribution in [3.63, 3.8) is 0 Å². The van der Waals surface area contributed by atoms with Gasteiger partial charge in [-0.3, -0.25) is 0 Å². The minimum atomic E-state index is 0.948. The van der Waals surface area contributed by atoms with Gasteiger partial charge in [-0.15, -0.1) is 11.3 Å². The molecular formula is C18H24N2S. The number of nitrogens with one attached hydrogen (secondary N) is 1. The maximum Gasteiger partial charge on any atom is 0.0411 e. The molecule has 1 aliphatic heterocycles. The Morgan fingerprint density at radius 3 is 2.57 bits per heavy atom. The summed E-state index contributed by atoms with van der Waals surface area (Å²) in [6, 6.07) is 13.3. The molecule has 112 valence electrons. The van der Waals surface area contributed by atoms with Crippen molar-refractivity contribution >= 4 is 17.0 Å². The van der Waals surface area contributed by atoms with E-state index >= 15 is 0 Å². The van der Waals surface area contributed by atoms with Crippen molar-refractivity contribution in [3.05, 3.63) is 51.7 Å². The van der Waals surface area contributed by atoms with Crippen molar-refractivity contribution in [2.75, 3.05) is 18.0 Å². The molecule has 0 aliphatic carbocycles. The van der Waals surface area contributed by atoms with Crippen LogP contribution in [0.5, 0.6) is 0 Å². The lowest BCUT2D eigenvalue weighted by molar-refractivity contribution is 0.574. The average Bonchev–Trinajstić information content (AvgIpc) is 2.94. The van der Waals surface area contributed by atoms with E-state index in [1.807, 2.05) is 11.3 Å².